The molecule has 0 spiro atoms. The molecule has 1 aliphatic rings. The number of benzene rings is 1. The molecule has 7 nitrogen and oxygen atoms in total. The van der Waals surface area contributed by atoms with Crippen LogP contribution in [0.5, 0.6) is 0 Å². The number of rotatable bonds is 10. The Labute approximate surface area is 220 Å². The van der Waals surface area contributed by atoms with E-state index in [0.717, 1.165) is 12.1 Å². The molecule has 0 aliphatic carbocycles. The number of carboxylic acids is 1. The summed E-state index contributed by atoms with van der Waals surface area (Å²) in [5, 5.41) is 14.0. The van der Waals surface area contributed by atoms with Crippen LogP contribution in [0.15, 0.2) is 65.1 Å². The van der Waals surface area contributed by atoms with E-state index in [4.69, 9.17) is 14.9 Å². The van der Waals surface area contributed by atoms with E-state index in [1.807, 2.05) is 51.1 Å². The third kappa shape index (κ3) is 11.7. The van der Waals surface area contributed by atoms with Gasteiger partial charge in [0, 0.05) is 32.2 Å². The van der Waals surface area contributed by atoms with Crippen molar-refractivity contribution in [2.45, 2.75) is 72.8 Å². The molecule has 0 amide bonds. The standard InChI is InChI=1S/C21H27N3O4.C7H8.C2H6/c1-3-5-8-14-24-19(9-6-7-10-20(25)26)22-18(17(4-2)21(24)27)12-11-16-13-15-28-23-16;1-7-5-3-2-4-6-7;1-2/h3-5,8,12H,1,6-7,9-11,13-15H2,2H3,(H,25,26);2-6H,1H3;1-2H3/b8-5-,17-4+,18-12+;;. The summed E-state index contributed by atoms with van der Waals surface area (Å²) in [6.07, 6.45) is 12.2. The highest BCUT2D eigenvalue weighted by atomic mass is 16.6. The third-order valence-corrected chi connectivity index (χ3v) is 5.35. The molecule has 0 saturated carbocycles. The number of nitrogens with zero attached hydrogens (tertiary/aromatic N) is 3. The molecule has 7 heteroatoms. The quantitative estimate of drug-likeness (QED) is 0.376. The number of carbonyl (C=O) groups is 1. The topological polar surface area (TPSA) is 93.8 Å². The number of allylic oxidation sites excluding steroid dienone is 3. The average molecular weight is 508 g/mol. The molecule has 1 N–H and O–H groups in total. The van der Waals surface area contributed by atoms with Crippen molar-refractivity contribution in [2.24, 2.45) is 5.16 Å². The molecule has 200 valence electrons. The second-order valence-electron chi connectivity index (χ2n) is 8.10. The van der Waals surface area contributed by atoms with Crippen LogP contribution in [0, 0.1) is 6.92 Å². The fraction of sp³-hybridized carbons (Fsp3) is 0.400. The molecule has 0 bridgehead atoms. The molecular weight excluding hydrogens is 466 g/mol. The van der Waals surface area contributed by atoms with E-state index in [0.29, 0.717) is 55.2 Å². The van der Waals surface area contributed by atoms with Crippen molar-refractivity contribution in [1.82, 2.24) is 9.55 Å². The Morgan fingerprint density at radius 3 is 2.49 bits per heavy atom. The van der Waals surface area contributed by atoms with E-state index in [2.05, 4.69) is 30.8 Å². The zero-order valence-corrected chi connectivity index (χ0v) is 22.7. The van der Waals surface area contributed by atoms with Gasteiger partial charge in [0.1, 0.15) is 12.4 Å². The molecule has 2 heterocycles. The molecule has 1 aliphatic heterocycles. The fourth-order valence-electron chi connectivity index (χ4n) is 3.49. The van der Waals surface area contributed by atoms with Crippen LogP contribution in [0.25, 0.3) is 12.2 Å². The van der Waals surface area contributed by atoms with E-state index in [1.165, 1.54) is 5.56 Å². The van der Waals surface area contributed by atoms with Crippen LogP contribution < -0.4 is 16.1 Å². The van der Waals surface area contributed by atoms with Gasteiger partial charge in [0.2, 0.25) is 0 Å². The largest absolute Gasteiger partial charge is 0.481 e. The van der Waals surface area contributed by atoms with E-state index in [9.17, 15) is 9.59 Å². The number of aromatic nitrogens is 2. The maximum atomic E-state index is 13.0. The number of aryl methyl sites for hydroxylation is 2. The van der Waals surface area contributed by atoms with Gasteiger partial charge in [-0.05, 0) is 26.7 Å². The van der Waals surface area contributed by atoms with E-state index in [-0.39, 0.29) is 12.0 Å². The molecule has 0 saturated heterocycles. The van der Waals surface area contributed by atoms with Gasteiger partial charge in [0.25, 0.3) is 5.56 Å². The summed E-state index contributed by atoms with van der Waals surface area (Å²) in [5.74, 6) is -0.158. The molecule has 1 aromatic heterocycles. The van der Waals surface area contributed by atoms with Crippen LogP contribution >= 0.6 is 0 Å². The minimum absolute atomic E-state index is 0.102. The van der Waals surface area contributed by atoms with Crippen molar-refractivity contribution in [1.29, 1.82) is 0 Å². The Morgan fingerprint density at radius 2 is 1.95 bits per heavy atom. The predicted octanol–water partition coefficient (Wildman–Crippen LogP) is 4.55. The van der Waals surface area contributed by atoms with Crippen molar-refractivity contribution < 1.29 is 14.7 Å². The molecule has 37 heavy (non-hydrogen) atoms. The number of carboxylic acid groups (broad SMARTS) is 1. The van der Waals surface area contributed by atoms with Crippen molar-refractivity contribution in [3.8, 4) is 0 Å². The number of hydrogen-bond donors (Lipinski definition) is 1. The van der Waals surface area contributed by atoms with E-state index in [1.54, 1.807) is 22.8 Å². The Balaban J connectivity index is 0.000000645. The summed E-state index contributed by atoms with van der Waals surface area (Å²) in [5.41, 5.74) is 2.16. The van der Waals surface area contributed by atoms with Crippen LogP contribution in [-0.4, -0.2) is 32.9 Å². The maximum Gasteiger partial charge on any atom is 0.303 e. The van der Waals surface area contributed by atoms with Gasteiger partial charge in [-0.25, -0.2) is 4.98 Å². The van der Waals surface area contributed by atoms with Crippen LogP contribution in [0.3, 0.4) is 0 Å². The molecule has 0 atom stereocenters. The minimum Gasteiger partial charge on any atom is -0.481 e. The molecule has 0 radical (unpaired) electrons. The first-order valence-corrected chi connectivity index (χ1v) is 12.9. The normalized spacial score (nSPS) is 13.2. The van der Waals surface area contributed by atoms with Crippen LogP contribution in [0.4, 0.5) is 0 Å². The lowest BCUT2D eigenvalue weighted by Gasteiger charge is -2.11. The summed E-state index contributed by atoms with van der Waals surface area (Å²) in [6, 6.07) is 10.3. The summed E-state index contributed by atoms with van der Waals surface area (Å²) in [4.78, 5) is 33.5. The zero-order chi connectivity index (χ0) is 27.5. The number of aliphatic carboxylic acids is 1. The first-order chi connectivity index (χ1) is 18.0. The van der Waals surface area contributed by atoms with Gasteiger partial charge in [0.15, 0.2) is 0 Å². The van der Waals surface area contributed by atoms with Gasteiger partial charge >= 0.3 is 5.97 Å². The SMILES string of the molecule is C=C/C=C\Cn1c(CCCCC(=O)O)nc(=C/CC2=NOCC2)/c(=C\C)c1=O.CC.Cc1ccccc1. The van der Waals surface area contributed by atoms with E-state index >= 15 is 0 Å². The molecular formula is C30H41N3O4. The molecule has 3 rings (SSSR count). The van der Waals surface area contributed by atoms with Gasteiger partial charge in [-0.1, -0.05) is 91.9 Å². The molecule has 2 aromatic rings. The predicted molar refractivity (Wildman–Crippen MR) is 152 cm³/mol. The summed E-state index contributed by atoms with van der Waals surface area (Å²) in [7, 11) is 0. The minimum atomic E-state index is -0.816. The third-order valence-electron chi connectivity index (χ3n) is 5.35. The highest BCUT2D eigenvalue weighted by molar-refractivity contribution is 5.88. The Hall–Kier alpha value is -3.74. The maximum absolute atomic E-state index is 13.0. The van der Waals surface area contributed by atoms with Gasteiger partial charge < -0.3 is 9.94 Å². The van der Waals surface area contributed by atoms with Crippen LogP contribution in [0.1, 0.15) is 64.3 Å². The van der Waals surface area contributed by atoms with Crippen molar-refractivity contribution in [3.63, 3.8) is 0 Å². The van der Waals surface area contributed by atoms with Crippen molar-refractivity contribution in [3.05, 3.63) is 87.4 Å². The van der Waals surface area contributed by atoms with Crippen molar-refractivity contribution in [2.75, 3.05) is 6.61 Å². The number of oxime groups is 1. The van der Waals surface area contributed by atoms with Gasteiger partial charge in [0.05, 0.1) is 16.3 Å². The van der Waals surface area contributed by atoms with Gasteiger partial charge in [-0.15, -0.1) is 0 Å². The van der Waals surface area contributed by atoms with Gasteiger partial charge in [-0.2, -0.15) is 0 Å². The first kappa shape index (κ1) is 31.3. The van der Waals surface area contributed by atoms with Crippen LogP contribution in [0.2, 0.25) is 0 Å². The summed E-state index contributed by atoms with van der Waals surface area (Å²) < 4.78 is 1.64. The zero-order valence-electron chi connectivity index (χ0n) is 22.7. The second kappa shape index (κ2) is 18.5. The molecule has 0 unspecified atom stereocenters. The fourth-order valence-corrected chi connectivity index (χ4v) is 3.49. The lowest BCUT2D eigenvalue weighted by Crippen LogP contribution is -2.48. The smallest absolute Gasteiger partial charge is 0.303 e. The van der Waals surface area contributed by atoms with E-state index < -0.39 is 5.97 Å². The summed E-state index contributed by atoms with van der Waals surface area (Å²) >= 11 is 0. The Bertz CT molecular complexity index is 1210. The Morgan fingerprint density at radius 1 is 1.22 bits per heavy atom. The number of hydrogen-bond acceptors (Lipinski definition) is 5. The Kier molecular flexibility index (Phi) is 15.7. The van der Waals surface area contributed by atoms with Crippen LogP contribution in [-0.2, 0) is 22.6 Å². The lowest BCUT2D eigenvalue weighted by molar-refractivity contribution is -0.137. The first-order valence-electron chi connectivity index (χ1n) is 12.9. The number of unbranched alkanes of at least 4 members (excludes halogenated alkanes) is 1. The average Bonchev–Trinajstić information content (AvgIpc) is 3.42. The molecule has 1 aromatic carbocycles. The molecule has 0 fully saturated rings. The van der Waals surface area contributed by atoms with Gasteiger partial charge in [-0.3, -0.25) is 14.2 Å². The highest BCUT2D eigenvalue weighted by Crippen LogP contribution is 2.04. The highest BCUT2D eigenvalue weighted by Gasteiger charge is 2.10. The monoisotopic (exact) mass is 507 g/mol. The van der Waals surface area contributed by atoms with Crippen molar-refractivity contribution >= 4 is 23.8 Å². The lowest BCUT2D eigenvalue weighted by atomic mass is 10.1. The summed E-state index contributed by atoms with van der Waals surface area (Å²) in [6.45, 7) is 12.5. The second-order valence-corrected chi connectivity index (χ2v) is 8.10.